The number of anilines is 1. The second-order valence-corrected chi connectivity index (χ2v) is 3.93. The van der Waals surface area contributed by atoms with Gasteiger partial charge in [0.05, 0.1) is 0 Å². The molecule has 4 nitrogen and oxygen atoms in total. The highest BCUT2D eigenvalue weighted by atomic mass is 16.1. The minimum atomic E-state index is -0.0765. The van der Waals surface area contributed by atoms with Gasteiger partial charge in [-0.1, -0.05) is 18.2 Å². The monoisotopic (exact) mass is 243 g/mol. The summed E-state index contributed by atoms with van der Waals surface area (Å²) < 4.78 is 1.63. The molecule has 0 bridgehead atoms. The lowest BCUT2D eigenvalue weighted by atomic mass is 10.3. The number of aromatic nitrogens is 2. The Labute approximate surface area is 107 Å². The second kappa shape index (κ2) is 5.49. The summed E-state index contributed by atoms with van der Waals surface area (Å²) in [5.41, 5.74) is 0.783. The molecule has 0 saturated carbocycles. The molecule has 0 unspecified atom stereocenters. The molecule has 1 heterocycles. The average molecular weight is 243 g/mol. The molecule has 0 radical (unpaired) electrons. The summed E-state index contributed by atoms with van der Waals surface area (Å²) in [5, 5.41) is 0. The predicted molar refractivity (Wildman–Crippen MR) is 73.4 cm³/mol. The quantitative estimate of drug-likeness (QED) is 0.825. The Hall–Kier alpha value is -2.10. The van der Waals surface area contributed by atoms with E-state index in [4.69, 9.17) is 0 Å². The average Bonchev–Trinajstić information content (AvgIpc) is 2.43. The lowest BCUT2D eigenvalue weighted by molar-refractivity contribution is 0.815. The molecule has 0 saturated heterocycles. The van der Waals surface area contributed by atoms with E-state index in [1.165, 1.54) is 0 Å². The number of nitrogens with zero attached hydrogens (tertiary/aromatic N) is 3. The molecule has 0 amide bonds. The zero-order valence-electron chi connectivity index (χ0n) is 10.7. The first-order chi connectivity index (χ1) is 8.77. The zero-order chi connectivity index (χ0) is 13.0. The topological polar surface area (TPSA) is 38.1 Å². The van der Waals surface area contributed by atoms with Crippen LogP contribution in [-0.2, 0) is 0 Å². The molecule has 0 aliphatic carbocycles. The molecule has 1 aromatic carbocycles. The van der Waals surface area contributed by atoms with E-state index in [1.54, 1.807) is 17.0 Å². The molecule has 0 atom stereocenters. The summed E-state index contributed by atoms with van der Waals surface area (Å²) in [6, 6.07) is 9.58. The third kappa shape index (κ3) is 2.27. The van der Waals surface area contributed by atoms with Crippen molar-refractivity contribution in [1.29, 1.82) is 0 Å². The summed E-state index contributed by atoms with van der Waals surface area (Å²) in [6.45, 7) is 5.59. The fraction of sp³-hybridized carbons (Fsp3) is 0.286. The third-order valence-electron chi connectivity index (χ3n) is 2.92. The molecule has 0 spiro atoms. The number of hydrogen-bond donors (Lipinski definition) is 0. The third-order valence-corrected chi connectivity index (χ3v) is 2.92. The van der Waals surface area contributed by atoms with E-state index in [9.17, 15) is 4.79 Å². The van der Waals surface area contributed by atoms with Crippen molar-refractivity contribution >= 4 is 5.82 Å². The van der Waals surface area contributed by atoms with Gasteiger partial charge < -0.3 is 4.90 Å². The van der Waals surface area contributed by atoms with Gasteiger partial charge in [-0.05, 0) is 26.0 Å². The largest absolute Gasteiger partial charge is 0.353 e. The van der Waals surface area contributed by atoms with Gasteiger partial charge in [0.2, 0.25) is 0 Å². The fourth-order valence-electron chi connectivity index (χ4n) is 1.93. The van der Waals surface area contributed by atoms with Crippen LogP contribution in [0.5, 0.6) is 0 Å². The zero-order valence-corrected chi connectivity index (χ0v) is 10.7. The minimum absolute atomic E-state index is 0.0765. The Morgan fingerprint density at radius 3 is 2.44 bits per heavy atom. The van der Waals surface area contributed by atoms with Crippen LogP contribution in [0.3, 0.4) is 0 Å². The standard InChI is InChI=1S/C14H17N3O/c1-3-16(4-2)13-14(18)17(11-10-15-13)12-8-6-5-7-9-12/h5-11H,3-4H2,1-2H3. The van der Waals surface area contributed by atoms with Crippen molar-refractivity contribution in [3.05, 3.63) is 53.1 Å². The van der Waals surface area contributed by atoms with Crippen LogP contribution in [0, 0.1) is 0 Å². The maximum atomic E-state index is 12.4. The van der Waals surface area contributed by atoms with Crippen LogP contribution in [0.2, 0.25) is 0 Å². The van der Waals surface area contributed by atoms with E-state index in [-0.39, 0.29) is 5.56 Å². The van der Waals surface area contributed by atoms with Gasteiger partial charge in [-0.3, -0.25) is 9.36 Å². The summed E-state index contributed by atoms with van der Waals surface area (Å²) in [6.07, 6.45) is 3.37. The van der Waals surface area contributed by atoms with Crippen LogP contribution >= 0.6 is 0 Å². The highest BCUT2D eigenvalue weighted by Gasteiger charge is 2.10. The molecule has 18 heavy (non-hydrogen) atoms. The molecule has 0 aliphatic rings. The van der Waals surface area contributed by atoms with E-state index in [0.717, 1.165) is 18.8 Å². The van der Waals surface area contributed by atoms with E-state index < -0.39 is 0 Å². The second-order valence-electron chi connectivity index (χ2n) is 3.93. The minimum Gasteiger partial charge on any atom is -0.353 e. The summed E-state index contributed by atoms with van der Waals surface area (Å²) in [4.78, 5) is 18.5. The normalized spacial score (nSPS) is 10.3. The van der Waals surface area contributed by atoms with Crippen LogP contribution in [0.15, 0.2) is 47.5 Å². The molecule has 0 fully saturated rings. The first-order valence-corrected chi connectivity index (χ1v) is 6.16. The number of rotatable bonds is 4. The van der Waals surface area contributed by atoms with Crippen molar-refractivity contribution in [2.75, 3.05) is 18.0 Å². The number of hydrogen-bond acceptors (Lipinski definition) is 3. The van der Waals surface area contributed by atoms with Crippen molar-refractivity contribution in [2.24, 2.45) is 0 Å². The molecule has 1 aromatic heterocycles. The van der Waals surface area contributed by atoms with Crippen LogP contribution in [-0.4, -0.2) is 22.6 Å². The first kappa shape index (κ1) is 12.4. The van der Waals surface area contributed by atoms with Gasteiger partial charge in [0.1, 0.15) is 0 Å². The highest BCUT2D eigenvalue weighted by molar-refractivity contribution is 5.40. The number of benzene rings is 1. The lowest BCUT2D eigenvalue weighted by Gasteiger charge is -2.19. The summed E-state index contributed by atoms with van der Waals surface area (Å²) >= 11 is 0. The Morgan fingerprint density at radius 1 is 1.17 bits per heavy atom. The maximum absolute atomic E-state index is 12.4. The molecule has 2 aromatic rings. The molecule has 4 heteroatoms. The Kier molecular flexibility index (Phi) is 3.77. The van der Waals surface area contributed by atoms with Crippen LogP contribution in [0.4, 0.5) is 5.82 Å². The van der Waals surface area contributed by atoms with Gasteiger partial charge >= 0.3 is 0 Å². The fourth-order valence-corrected chi connectivity index (χ4v) is 1.93. The van der Waals surface area contributed by atoms with E-state index in [0.29, 0.717) is 5.82 Å². The molecular formula is C14H17N3O. The van der Waals surface area contributed by atoms with E-state index in [2.05, 4.69) is 4.98 Å². The van der Waals surface area contributed by atoms with Gasteiger partial charge in [-0.25, -0.2) is 4.98 Å². The Morgan fingerprint density at radius 2 is 1.83 bits per heavy atom. The van der Waals surface area contributed by atoms with Gasteiger partial charge in [0.15, 0.2) is 5.82 Å². The van der Waals surface area contributed by atoms with Gasteiger partial charge in [0, 0.05) is 31.2 Å². The molecule has 0 aliphatic heterocycles. The summed E-state index contributed by atoms with van der Waals surface area (Å²) in [7, 11) is 0. The Bertz CT molecular complexity index is 559. The molecule has 2 rings (SSSR count). The van der Waals surface area contributed by atoms with E-state index >= 15 is 0 Å². The van der Waals surface area contributed by atoms with Gasteiger partial charge in [-0.15, -0.1) is 0 Å². The van der Waals surface area contributed by atoms with Crippen LogP contribution < -0.4 is 10.5 Å². The van der Waals surface area contributed by atoms with Crippen LogP contribution in [0.25, 0.3) is 5.69 Å². The Balaban J connectivity index is 2.52. The van der Waals surface area contributed by atoms with Crippen LogP contribution in [0.1, 0.15) is 13.8 Å². The van der Waals surface area contributed by atoms with Crippen molar-refractivity contribution in [1.82, 2.24) is 9.55 Å². The molecule has 94 valence electrons. The smallest absolute Gasteiger partial charge is 0.298 e. The maximum Gasteiger partial charge on any atom is 0.298 e. The molecule has 0 N–H and O–H groups in total. The lowest BCUT2D eigenvalue weighted by Crippen LogP contribution is -2.32. The van der Waals surface area contributed by atoms with Crippen molar-refractivity contribution in [2.45, 2.75) is 13.8 Å². The van der Waals surface area contributed by atoms with Crippen molar-refractivity contribution in [3.8, 4) is 5.69 Å². The SMILES string of the molecule is CCN(CC)c1nccn(-c2ccccc2)c1=O. The van der Waals surface area contributed by atoms with E-state index in [1.807, 2.05) is 49.1 Å². The highest BCUT2D eigenvalue weighted by Crippen LogP contribution is 2.07. The predicted octanol–water partition coefficient (Wildman–Crippen LogP) is 2.08. The first-order valence-electron chi connectivity index (χ1n) is 6.16. The van der Waals surface area contributed by atoms with Crippen molar-refractivity contribution < 1.29 is 0 Å². The van der Waals surface area contributed by atoms with Gasteiger partial charge in [0.25, 0.3) is 5.56 Å². The number of para-hydroxylation sites is 1. The van der Waals surface area contributed by atoms with Gasteiger partial charge in [-0.2, -0.15) is 0 Å². The molecular weight excluding hydrogens is 226 g/mol. The summed E-state index contributed by atoms with van der Waals surface area (Å²) in [5.74, 6) is 0.506. The van der Waals surface area contributed by atoms with Crippen molar-refractivity contribution in [3.63, 3.8) is 0 Å².